The summed E-state index contributed by atoms with van der Waals surface area (Å²) in [5.74, 6) is 0.966. The molecule has 0 bridgehead atoms. The van der Waals surface area contributed by atoms with Gasteiger partial charge in [-0.1, -0.05) is 6.07 Å². The smallest absolute Gasteiger partial charge is 0.213 e. The van der Waals surface area contributed by atoms with Crippen molar-refractivity contribution in [1.29, 1.82) is 0 Å². The number of hydrogen-bond acceptors (Lipinski definition) is 4. The summed E-state index contributed by atoms with van der Waals surface area (Å²) < 4.78 is 19.4. The SMILES string of the molecule is COc1ccc(N2CC(c3csc4cc(F)ccc34)C2)cn1. The van der Waals surface area contributed by atoms with Crippen molar-refractivity contribution in [2.75, 3.05) is 25.1 Å². The maximum atomic E-state index is 13.3. The fourth-order valence-electron chi connectivity index (χ4n) is 2.91. The molecular weight excluding hydrogens is 299 g/mol. The monoisotopic (exact) mass is 314 g/mol. The number of aromatic nitrogens is 1. The Balaban J connectivity index is 1.52. The number of halogens is 1. The first kappa shape index (κ1) is 13.5. The van der Waals surface area contributed by atoms with Crippen LogP contribution in [0.4, 0.5) is 10.1 Å². The number of fused-ring (bicyclic) bond motifs is 1. The largest absolute Gasteiger partial charge is 0.481 e. The lowest BCUT2D eigenvalue weighted by molar-refractivity contribution is 0.397. The zero-order valence-corrected chi connectivity index (χ0v) is 12.9. The number of benzene rings is 1. The van der Waals surface area contributed by atoms with Crippen LogP contribution in [0.2, 0.25) is 0 Å². The molecule has 112 valence electrons. The van der Waals surface area contributed by atoms with Gasteiger partial charge < -0.3 is 9.64 Å². The van der Waals surface area contributed by atoms with Gasteiger partial charge in [-0.25, -0.2) is 9.37 Å². The summed E-state index contributed by atoms with van der Waals surface area (Å²) in [5, 5.41) is 3.35. The van der Waals surface area contributed by atoms with Crippen LogP contribution in [0.1, 0.15) is 11.5 Å². The lowest BCUT2D eigenvalue weighted by atomic mass is 9.91. The van der Waals surface area contributed by atoms with Crippen molar-refractivity contribution in [1.82, 2.24) is 4.98 Å². The third-order valence-corrected chi connectivity index (χ3v) is 5.15. The molecule has 2 aromatic heterocycles. The Labute approximate surface area is 132 Å². The van der Waals surface area contributed by atoms with Gasteiger partial charge in [0.05, 0.1) is 19.0 Å². The second-order valence-corrected chi connectivity index (χ2v) is 6.40. The van der Waals surface area contributed by atoms with Crippen molar-refractivity contribution in [3.63, 3.8) is 0 Å². The quantitative estimate of drug-likeness (QED) is 0.729. The van der Waals surface area contributed by atoms with Crippen LogP contribution in [-0.2, 0) is 0 Å². The highest BCUT2D eigenvalue weighted by atomic mass is 32.1. The number of hydrogen-bond donors (Lipinski definition) is 0. The van der Waals surface area contributed by atoms with Gasteiger partial charge in [-0.2, -0.15) is 0 Å². The Morgan fingerprint density at radius 1 is 1.27 bits per heavy atom. The summed E-state index contributed by atoms with van der Waals surface area (Å²) in [4.78, 5) is 6.54. The summed E-state index contributed by atoms with van der Waals surface area (Å²) in [6.07, 6.45) is 1.84. The number of methoxy groups -OCH3 is 1. The van der Waals surface area contributed by atoms with Crippen LogP contribution in [0.5, 0.6) is 5.88 Å². The molecule has 3 nitrogen and oxygen atoms in total. The molecule has 1 aromatic carbocycles. The highest BCUT2D eigenvalue weighted by molar-refractivity contribution is 7.17. The van der Waals surface area contributed by atoms with Gasteiger partial charge in [0, 0.05) is 29.8 Å². The molecule has 22 heavy (non-hydrogen) atoms. The number of nitrogens with zero attached hydrogens (tertiary/aromatic N) is 2. The topological polar surface area (TPSA) is 25.4 Å². The van der Waals surface area contributed by atoms with Gasteiger partial charge in [-0.3, -0.25) is 0 Å². The number of rotatable bonds is 3. The van der Waals surface area contributed by atoms with Gasteiger partial charge in [0.1, 0.15) is 5.82 Å². The van der Waals surface area contributed by atoms with Crippen LogP contribution in [0, 0.1) is 5.82 Å². The molecule has 3 aromatic rings. The molecule has 5 heteroatoms. The molecule has 0 unspecified atom stereocenters. The fourth-order valence-corrected chi connectivity index (χ4v) is 3.97. The van der Waals surface area contributed by atoms with E-state index < -0.39 is 0 Å². The van der Waals surface area contributed by atoms with Crippen LogP contribution in [0.25, 0.3) is 10.1 Å². The summed E-state index contributed by atoms with van der Waals surface area (Å²) in [7, 11) is 1.62. The Hall–Kier alpha value is -2.14. The molecule has 0 amide bonds. The van der Waals surface area contributed by atoms with Gasteiger partial charge in [-0.15, -0.1) is 11.3 Å². The Bertz CT molecular complexity index is 809. The maximum absolute atomic E-state index is 13.3. The van der Waals surface area contributed by atoms with E-state index in [1.165, 1.54) is 10.9 Å². The van der Waals surface area contributed by atoms with Crippen molar-refractivity contribution < 1.29 is 9.13 Å². The third-order valence-electron chi connectivity index (χ3n) is 4.18. The van der Waals surface area contributed by atoms with Crippen LogP contribution in [-0.4, -0.2) is 25.2 Å². The van der Waals surface area contributed by atoms with E-state index in [-0.39, 0.29) is 5.82 Å². The molecule has 0 spiro atoms. The molecular formula is C17H15FN2OS. The molecule has 0 saturated carbocycles. The highest BCUT2D eigenvalue weighted by Crippen LogP contribution is 2.38. The van der Waals surface area contributed by atoms with Crippen molar-refractivity contribution in [2.45, 2.75) is 5.92 Å². The Morgan fingerprint density at radius 3 is 2.86 bits per heavy atom. The molecule has 1 fully saturated rings. The van der Waals surface area contributed by atoms with E-state index in [1.807, 2.05) is 24.4 Å². The predicted molar refractivity (Wildman–Crippen MR) is 87.5 cm³/mol. The summed E-state index contributed by atoms with van der Waals surface area (Å²) in [5.41, 5.74) is 2.44. The lowest BCUT2D eigenvalue weighted by Crippen LogP contribution is -2.45. The van der Waals surface area contributed by atoms with E-state index in [0.717, 1.165) is 23.5 Å². The van der Waals surface area contributed by atoms with Crippen molar-refractivity contribution in [3.8, 4) is 5.88 Å². The number of ether oxygens (including phenoxy) is 1. The van der Waals surface area contributed by atoms with E-state index >= 15 is 0 Å². The minimum Gasteiger partial charge on any atom is -0.481 e. The second-order valence-electron chi connectivity index (χ2n) is 5.49. The molecule has 0 N–H and O–H groups in total. The highest BCUT2D eigenvalue weighted by Gasteiger charge is 2.30. The zero-order chi connectivity index (χ0) is 15.1. The van der Waals surface area contributed by atoms with Gasteiger partial charge in [-0.05, 0) is 34.5 Å². The molecule has 0 aliphatic carbocycles. The standard InChI is InChI=1S/C17H15FN2OS/c1-21-17-5-3-13(7-19-17)20-8-11(9-20)15-10-22-16-6-12(18)2-4-14(15)16/h2-7,10-11H,8-9H2,1H3. The van der Waals surface area contributed by atoms with Gasteiger partial charge in [0.2, 0.25) is 5.88 Å². The number of pyridine rings is 1. The summed E-state index contributed by atoms with van der Waals surface area (Å²) >= 11 is 1.62. The normalized spacial score (nSPS) is 15.1. The minimum atomic E-state index is -0.166. The second kappa shape index (κ2) is 5.25. The molecule has 4 rings (SSSR count). The van der Waals surface area contributed by atoms with Crippen LogP contribution in [0.3, 0.4) is 0 Å². The molecule has 1 aliphatic rings. The van der Waals surface area contributed by atoms with Gasteiger partial charge >= 0.3 is 0 Å². The average molecular weight is 314 g/mol. The Morgan fingerprint density at radius 2 is 2.14 bits per heavy atom. The molecule has 1 aliphatic heterocycles. The molecule has 0 radical (unpaired) electrons. The average Bonchev–Trinajstić information content (AvgIpc) is 2.89. The number of thiophene rings is 1. The summed E-state index contributed by atoms with van der Waals surface area (Å²) in [6.45, 7) is 1.94. The summed E-state index contributed by atoms with van der Waals surface area (Å²) in [6, 6.07) is 8.97. The lowest BCUT2D eigenvalue weighted by Gasteiger charge is -2.41. The predicted octanol–water partition coefficient (Wildman–Crippen LogP) is 4.05. The van der Waals surface area contributed by atoms with Crippen molar-refractivity contribution >= 4 is 27.1 Å². The van der Waals surface area contributed by atoms with Crippen LogP contribution < -0.4 is 9.64 Å². The van der Waals surface area contributed by atoms with Gasteiger partial charge in [0.15, 0.2) is 0 Å². The zero-order valence-electron chi connectivity index (χ0n) is 12.1. The first-order chi connectivity index (χ1) is 10.7. The number of anilines is 1. The van der Waals surface area contributed by atoms with Crippen molar-refractivity contribution in [3.05, 3.63) is 53.3 Å². The Kier molecular flexibility index (Phi) is 3.22. The molecule has 0 atom stereocenters. The van der Waals surface area contributed by atoms with Crippen LogP contribution >= 0.6 is 11.3 Å². The van der Waals surface area contributed by atoms with Crippen molar-refractivity contribution in [2.24, 2.45) is 0 Å². The fraction of sp³-hybridized carbons (Fsp3) is 0.235. The first-order valence-electron chi connectivity index (χ1n) is 7.16. The third kappa shape index (κ3) is 2.22. The van der Waals surface area contributed by atoms with E-state index in [9.17, 15) is 4.39 Å². The molecule has 1 saturated heterocycles. The van der Waals surface area contributed by atoms with E-state index in [2.05, 4.69) is 15.3 Å². The first-order valence-corrected chi connectivity index (χ1v) is 8.04. The molecule has 3 heterocycles. The van der Waals surface area contributed by atoms with E-state index in [1.54, 1.807) is 30.6 Å². The van der Waals surface area contributed by atoms with E-state index in [0.29, 0.717) is 11.8 Å². The van der Waals surface area contributed by atoms with E-state index in [4.69, 9.17) is 4.74 Å². The van der Waals surface area contributed by atoms with Gasteiger partial charge in [0.25, 0.3) is 0 Å². The van der Waals surface area contributed by atoms with Crippen LogP contribution in [0.15, 0.2) is 41.9 Å². The maximum Gasteiger partial charge on any atom is 0.213 e. The minimum absolute atomic E-state index is 0.166.